The molecule has 2 N–H and O–H groups in total. The summed E-state index contributed by atoms with van der Waals surface area (Å²) >= 11 is 0. The number of aromatic nitrogens is 3. The van der Waals surface area contributed by atoms with Crippen molar-refractivity contribution in [2.45, 2.75) is 25.1 Å². The lowest BCUT2D eigenvalue weighted by molar-refractivity contribution is -0.139. The molecule has 2 aromatic rings. The topological polar surface area (TPSA) is 97.1 Å². The predicted octanol–water partition coefficient (Wildman–Crippen LogP) is 2.44. The Bertz CT molecular complexity index is 817. The van der Waals surface area contributed by atoms with Crippen molar-refractivity contribution in [3.05, 3.63) is 54.4 Å². The van der Waals surface area contributed by atoms with E-state index in [4.69, 9.17) is 5.11 Å². The lowest BCUT2D eigenvalue weighted by Crippen LogP contribution is -2.40. The summed E-state index contributed by atoms with van der Waals surface area (Å²) in [6, 6.07) is 3.51. The van der Waals surface area contributed by atoms with E-state index in [9.17, 15) is 22.8 Å². The molecular weight excluding hydrogens is 353 g/mol. The van der Waals surface area contributed by atoms with Crippen molar-refractivity contribution in [2.24, 2.45) is 0 Å². The third-order valence-electron chi connectivity index (χ3n) is 3.45. The number of nitrogens with one attached hydrogen (secondary N) is 1. The molecule has 10 heteroatoms. The maximum absolute atomic E-state index is 13.1. The molecule has 0 aliphatic carbocycles. The number of hydrogen-bond acceptors (Lipinski definition) is 4. The fourth-order valence-corrected chi connectivity index (χ4v) is 2.17. The van der Waals surface area contributed by atoms with Gasteiger partial charge in [-0.05, 0) is 25.0 Å². The van der Waals surface area contributed by atoms with Crippen LogP contribution >= 0.6 is 0 Å². The standard InChI is InChI=1S/C16H15F3N4O3/c1-2-3-7-11(15(25)26)20-14(24)12-9-23(22-21-12)13-8-5-4-6-10(13)16(17,18)19/h2,4-6,8-9,11H,1,3,7H2,(H,20,24)(H,25,26). The Morgan fingerprint density at radius 1 is 1.35 bits per heavy atom. The van der Waals surface area contributed by atoms with Crippen molar-refractivity contribution in [2.75, 3.05) is 0 Å². The highest BCUT2D eigenvalue weighted by atomic mass is 19.4. The van der Waals surface area contributed by atoms with Gasteiger partial charge in [-0.2, -0.15) is 13.2 Å². The van der Waals surface area contributed by atoms with Crippen LogP contribution < -0.4 is 5.32 Å². The van der Waals surface area contributed by atoms with Gasteiger partial charge in [0.1, 0.15) is 6.04 Å². The summed E-state index contributed by atoms with van der Waals surface area (Å²) in [5, 5.41) is 18.4. The summed E-state index contributed by atoms with van der Waals surface area (Å²) in [6.45, 7) is 3.47. The van der Waals surface area contributed by atoms with Crippen LogP contribution in [0.3, 0.4) is 0 Å². The molecule has 0 radical (unpaired) electrons. The number of para-hydroxylation sites is 1. The molecule has 1 aromatic carbocycles. The van der Waals surface area contributed by atoms with E-state index >= 15 is 0 Å². The molecule has 2 rings (SSSR count). The molecule has 1 heterocycles. The van der Waals surface area contributed by atoms with E-state index in [1.165, 1.54) is 24.3 Å². The Hall–Kier alpha value is -3.17. The number of aliphatic carboxylic acids is 1. The average molecular weight is 368 g/mol. The van der Waals surface area contributed by atoms with Crippen LogP contribution in [0.2, 0.25) is 0 Å². The number of rotatable bonds is 7. The number of hydrogen-bond donors (Lipinski definition) is 2. The first-order valence-electron chi connectivity index (χ1n) is 7.47. The number of carboxylic acid groups (broad SMARTS) is 1. The molecule has 0 bridgehead atoms. The van der Waals surface area contributed by atoms with E-state index in [1.807, 2.05) is 0 Å². The molecule has 0 spiro atoms. The fraction of sp³-hybridized carbons (Fsp3) is 0.250. The molecule has 1 atom stereocenters. The Kier molecular flexibility index (Phi) is 5.75. The van der Waals surface area contributed by atoms with Crippen molar-refractivity contribution in [3.8, 4) is 5.69 Å². The van der Waals surface area contributed by atoms with E-state index in [1.54, 1.807) is 0 Å². The van der Waals surface area contributed by atoms with Crippen LogP contribution in [-0.4, -0.2) is 38.0 Å². The summed E-state index contributed by atoms with van der Waals surface area (Å²) in [7, 11) is 0. The van der Waals surface area contributed by atoms with Gasteiger partial charge < -0.3 is 10.4 Å². The van der Waals surface area contributed by atoms with Crippen LogP contribution in [0, 0.1) is 0 Å². The molecular formula is C16H15F3N4O3. The second-order valence-electron chi connectivity index (χ2n) is 5.29. The smallest absolute Gasteiger partial charge is 0.418 e. The Balaban J connectivity index is 2.24. The Labute approximate surface area is 146 Å². The minimum Gasteiger partial charge on any atom is -0.480 e. The molecule has 0 saturated carbocycles. The number of carbonyl (C=O) groups is 2. The van der Waals surface area contributed by atoms with Gasteiger partial charge >= 0.3 is 12.1 Å². The number of benzene rings is 1. The highest BCUT2D eigenvalue weighted by Crippen LogP contribution is 2.33. The number of alkyl halides is 3. The molecule has 138 valence electrons. The zero-order valence-corrected chi connectivity index (χ0v) is 13.4. The summed E-state index contributed by atoms with van der Waals surface area (Å²) in [6.07, 6.45) is -1.61. The van der Waals surface area contributed by atoms with Gasteiger partial charge in [0.05, 0.1) is 17.4 Å². The van der Waals surface area contributed by atoms with Gasteiger partial charge in [-0.1, -0.05) is 23.4 Å². The number of nitrogens with zero attached hydrogens (tertiary/aromatic N) is 3. The van der Waals surface area contributed by atoms with Crippen molar-refractivity contribution in [3.63, 3.8) is 0 Å². The summed E-state index contributed by atoms with van der Waals surface area (Å²) in [5.41, 5.74) is -1.54. The average Bonchev–Trinajstić information content (AvgIpc) is 3.07. The maximum atomic E-state index is 13.1. The van der Waals surface area contributed by atoms with Gasteiger partial charge in [-0.15, -0.1) is 11.7 Å². The highest BCUT2D eigenvalue weighted by molar-refractivity contribution is 5.94. The molecule has 1 amide bonds. The molecule has 0 aliphatic rings. The summed E-state index contributed by atoms with van der Waals surface area (Å²) < 4.78 is 40.0. The number of amides is 1. The number of carbonyl (C=O) groups excluding carboxylic acids is 1. The minimum absolute atomic E-state index is 0.121. The van der Waals surface area contributed by atoms with Crippen molar-refractivity contribution in [1.82, 2.24) is 20.3 Å². The number of halogens is 3. The highest BCUT2D eigenvalue weighted by Gasteiger charge is 2.34. The third-order valence-corrected chi connectivity index (χ3v) is 3.45. The van der Waals surface area contributed by atoms with E-state index < -0.39 is 29.7 Å². The lowest BCUT2D eigenvalue weighted by Gasteiger charge is -2.12. The fourth-order valence-electron chi connectivity index (χ4n) is 2.17. The van der Waals surface area contributed by atoms with Crippen molar-refractivity contribution >= 4 is 11.9 Å². The first-order valence-corrected chi connectivity index (χ1v) is 7.47. The van der Waals surface area contributed by atoms with Gasteiger partial charge in [0, 0.05) is 0 Å². The Morgan fingerprint density at radius 3 is 2.65 bits per heavy atom. The van der Waals surface area contributed by atoms with Crippen LogP contribution in [0.15, 0.2) is 43.1 Å². The molecule has 0 fully saturated rings. The molecule has 0 saturated heterocycles. The normalized spacial score (nSPS) is 12.4. The lowest BCUT2D eigenvalue weighted by atomic mass is 10.1. The van der Waals surface area contributed by atoms with Gasteiger partial charge in [0.2, 0.25) is 0 Å². The first-order chi connectivity index (χ1) is 12.2. The monoisotopic (exact) mass is 368 g/mol. The van der Waals surface area contributed by atoms with Crippen LogP contribution in [0.4, 0.5) is 13.2 Å². The molecule has 1 aromatic heterocycles. The van der Waals surface area contributed by atoms with Gasteiger partial charge in [0.25, 0.3) is 5.91 Å². The van der Waals surface area contributed by atoms with E-state index in [2.05, 4.69) is 22.2 Å². The first kappa shape index (κ1) is 19.2. The predicted molar refractivity (Wildman–Crippen MR) is 84.7 cm³/mol. The minimum atomic E-state index is -4.61. The molecule has 1 unspecified atom stereocenters. The Morgan fingerprint density at radius 2 is 2.04 bits per heavy atom. The van der Waals surface area contributed by atoms with Gasteiger partial charge in [0.15, 0.2) is 5.69 Å². The second kappa shape index (κ2) is 7.81. The second-order valence-corrected chi connectivity index (χ2v) is 5.29. The van der Waals surface area contributed by atoms with Crippen LogP contribution in [0.5, 0.6) is 0 Å². The van der Waals surface area contributed by atoms with Crippen molar-refractivity contribution in [1.29, 1.82) is 0 Å². The van der Waals surface area contributed by atoms with Gasteiger partial charge in [-0.25, -0.2) is 9.48 Å². The number of carboxylic acids is 1. The zero-order chi connectivity index (χ0) is 19.3. The number of allylic oxidation sites excluding steroid dienone is 1. The van der Waals surface area contributed by atoms with E-state index in [-0.39, 0.29) is 17.8 Å². The van der Waals surface area contributed by atoms with Crippen molar-refractivity contribution < 1.29 is 27.9 Å². The zero-order valence-electron chi connectivity index (χ0n) is 13.4. The molecule has 26 heavy (non-hydrogen) atoms. The van der Waals surface area contributed by atoms with Crippen LogP contribution in [0.25, 0.3) is 5.69 Å². The van der Waals surface area contributed by atoms with E-state index in [0.29, 0.717) is 6.42 Å². The summed E-state index contributed by atoms with van der Waals surface area (Å²) in [4.78, 5) is 23.2. The SMILES string of the molecule is C=CCCC(NC(=O)c1cn(-c2ccccc2C(F)(F)F)nn1)C(=O)O. The largest absolute Gasteiger partial charge is 0.480 e. The molecule has 7 nitrogen and oxygen atoms in total. The van der Waals surface area contributed by atoms with Gasteiger partial charge in [-0.3, -0.25) is 4.79 Å². The van der Waals surface area contributed by atoms with Crippen LogP contribution in [-0.2, 0) is 11.0 Å². The quantitative estimate of drug-likeness (QED) is 0.732. The third kappa shape index (κ3) is 4.47. The summed E-state index contributed by atoms with van der Waals surface area (Å²) in [5.74, 6) is -2.09. The van der Waals surface area contributed by atoms with E-state index in [0.717, 1.165) is 16.9 Å². The molecule has 0 aliphatic heterocycles. The maximum Gasteiger partial charge on any atom is 0.418 e. The van der Waals surface area contributed by atoms with Crippen LogP contribution in [0.1, 0.15) is 28.9 Å².